The van der Waals surface area contributed by atoms with Crippen molar-refractivity contribution in [2.75, 3.05) is 26.4 Å². The zero-order chi connectivity index (χ0) is 14.8. The standard InChI is InChI=1S/C17H29NO2/c1-5-20-17-8-6-16(7-9-17)15(4)18-11-13-19-12-10-14(2)3/h6-9,14-15,18H,5,10-13H2,1-4H3. The Balaban J connectivity index is 2.20. The highest BCUT2D eigenvalue weighted by atomic mass is 16.5. The van der Waals surface area contributed by atoms with E-state index >= 15 is 0 Å². The first kappa shape index (κ1) is 17.0. The minimum Gasteiger partial charge on any atom is -0.494 e. The van der Waals surface area contributed by atoms with Gasteiger partial charge >= 0.3 is 0 Å². The van der Waals surface area contributed by atoms with E-state index in [0.717, 1.165) is 31.9 Å². The quantitative estimate of drug-likeness (QED) is 0.661. The van der Waals surface area contributed by atoms with Gasteiger partial charge in [-0.05, 0) is 43.9 Å². The van der Waals surface area contributed by atoms with Crippen LogP contribution in [0.4, 0.5) is 0 Å². The zero-order valence-electron chi connectivity index (χ0n) is 13.3. The third-order valence-electron chi connectivity index (χ3n) is 3.23. The largest absolute Gasteiger partial charge is 0.494 e. The smallest absolute Gasteiger partial charge is 0.119 e. The van der Waals surface area contributed by atoms with Gasteiger partial charge in [-0.3, -0.25) is 0 Å². The van der Waals surface area contributed by atoms with E-state index in [2.05, 4.69) is 38.2 Å². The molecule has 0 radical (unpaired) electrons. The zero-order valence-corrected chi connectivity index (χ0v) is 13.3. The van der Waals surface area contributed by atoms with Crippen LogP contribution in [-0.4, -0.2) is 26.4 Å². The number of hydrogen-bond donors (Lipinski definition) is 1. The molecule has 0 aliphatic rings. The van der Waals surface area contributed by atoms with E-state index < -0.39 is 0 Å². The highest BCUT2D eigenvalue weighted by molar-refractivity contribution is 5.28. The summed E-state index contributed by atoms with van der Waals surface area (Å²) in [6.07, 6.45) is 1.13. The van der Waals surface area contributed by atoms with Gasteiger partial charge in [0.2, 0.25) is 0 Å². The van der Waals surface area contributed by atoms with Crippen LogP contribution in [0.2, 0.25) is 0 Å². The molecule has 0 aromatic heterocycles. The molecule has 0 aliphatic carbocycles. The summed E-state index contributed by atoms with van der Waals surface area (Å²) in [7, 11) is 0. The van der Waals surface area contributed by atoms with E-state index in [9.17, 15) is 0 Å². The first-order valence-corrected chi connectivity index (χ1v) is 7.67. The van der Waals surface area contributed by atoms with Crippen molar-refractivity contribution in [3.05, 3.63) is 29.8 Å². The lowest BCUT2D eigenvalue weighted by Crippen LogP contribution is -2.23. The number of nitrogens with one attached hydrogen (secondary N) is 1. The molecule has 0 saturated heterocycles. The summed E-state index contributed by atoms with van der Waals surface area (Å²) in [5, 5.41) is 3.47. The van der Waals surface area contributed by atoms with Gasteiger partial charge in [0.25, 0.3) is 0 Å². The van der Waals surface area contributed by atoms with E-state index in [0.29, 0.717) is 18.6 Å². The number of benzene rings is 1. The van der Waals surface area contributed by atoms with Crippen molar-refractivity contribution in [1.29, 1.82) is 0 Å². The van der Waals surface area contributed by atoms with E-state index in [1.807, 2.05) is 19.1 Å². The molecule has 1 aromatic carbocycles. The Labute approximate surface area is 123 Å². The van der Waals surface area contributed by atoms with Crippen molar-refractivity contribution >= 4 is 0 Å². The molecule has 1 N–H and O–H groups in total. The second kappa shape index (κ2) is 9.78. The van der Waals surface area contributed by atoms with Crippen molar-refractivity contribution in [2.45, 2.75) is 40.2 Å². The Morgan fingerprint density at radius 1 is 1.05 bits per heavy atom. The molecular weight excluding hydrogens is 250 g/mol. The lowest BCUT2D eigenvalue weighted by molar-refractivity contribution is 0.123. The van der Waals surface area contributed by atoms with Crippen LogP contribution in [0.1, 0.15) is 45.7 Å². The Morgan fingerprint density at radius 2 is 1.75 bits per heavy atom. The van der Waals surface area contributed by atoms with Gasteiger partial charge in [0, 0.05) is 19.2 Å². The van der Waals surface area contributed by atoms with Gasteiger partial charge in [0.15, 0.2) is 0 Å². The van der Waals surface area contributed by atoms with Crippen LogP contribution in [0.5, 0.6) is 5.75 Å². The third-order valence-corrected chi connectivity index (χ3v) is 3.23. The highest BCUT2D eigenvalue weighted by Gasteiger charge is 2.04. The summed E-state index contributed by atoms with van der Waals surface area (Å²) in [4.78, 5) is 0. The molecule has 1 aromatic rings. The average molecular weight is 279 g/mol. The number of rotatable bonds is 10. The van der Waals surface area contributed by atoms with E-state index in [4.69, 9.17) is 9.47 Å². The molecule has 114 valence electrons. The molecule has 0 heterocycles. The highest BCUT2D eigenvalue weighted by Crippen LogP contribution is 2.17. The second-order valence-corrected chi connectivity index (χ2v) is 5.47. The van der Waals surface area contributed by atoms with Crippen LogP contribution in [0.15, 0.2) is 24.3 Å². The van der Waals surface area contributed by atoms with Crippen LogP contribution < -0.4 is 10.1 Å². The van der Waals surface area contributed by atoms with Crippen molar-refractivity contribution < 1.29 is 9.47 Å². The first-order valence-electron chi connectivity index (χ1n) is 7.67. The molecule has 0 spiro atoms. The maximum Gasteiger partial charge on any atom is 0.119 e. The molecule has 1 unspecified atom stereocenters. The van der Waals surface area contributed by atoms with Gasteiger partial charge in [0.05, 0.1) is 13.2 Å². The normalized spacial score (nSPS) is 12.7. The Hall–Kier alpha value is -1.06. The molecule has 0 fully saturated rings. The Morgan fingerprint density at radius 3 is 2.35 bits per heavy atom. The van der Waals surface area contributed by atoms with E-state index in [1.54, 1.807) is 0 Å². The predicted molar refractivity (Wildman–Crippen MR) is 84.3 cm³/mol. The van der Waals surface area contributed by atoms with Crippen LogP contribution in [0, 0.1) is 5.92 Å². The topological polar surface area (TPSA) is 30.5 Å². The second-order valence-electron chi connectivity index (χ2n) is 5.47. The van der Waals surface area contributed by atoms with Crippen molar-refractivity contribution in [2.24, 2.45) is 5.92 Å². The predicted octanol–water partition coefficient (Wildman–Crippen LogP) is 3.80. The monoisotopic (exact) mass is 279 g/mol. The Kier molecular flexibility index (Phi) is 8.31. The number of hydrogen-bond acceptors (Lipinski definition) is 3. The first-order chi connectivity index (χ1) is 9.63. The fourth-order valence-corrected chi connectivity index (χ4v) is 1.91. The summed E-state index contributed by atoms with van der Waals surface area (Å²) in [6.45, 7) is 11.8. The summed E-state index contributed by atoms with van der Waals surface area (Å²) in [6, 6.07) is 8.61. The maximum atomic E-state index is 5.60. The molecule has 1 atom stereocenters. The summed E-state index contributed by atoms with van der Waals surface area (Å²) in [5.41, 5.74) is 1.27. The fourth-order valence-electron chi connectivity index (χ4n) is 1.91. The summed E-state index contributed by atoms with van der Waals surface area (Å²) in [5.74, 6) is 1.64. The van der Waals surface area contributed by atoms with Crippen LogP contribution in [0.25, 0.3) is 0 Å². The Bertz CT molecular complexity index is 349. The molecule has 0 aliphatic heterocycles. The molecule has 20 heavy (non-hydrogen) atoms. The molecule has 0 amide bonds. The van der Waals surface area contributed by atoms with Crippen molar-refractivity contribution in [3.63, 3.8) is 0 Å². The van der Waals surface area contributed by atoms with Crippen LogP contribution in [0.3, 0.4) is 0 Å². The fraction of sp³-hybridized carbons (Fsp3) is 0.647. The third kappa shape index (κ3) is 6.92. The number of ether oxygens (including phenoxy) is 2. The van der Waals surface area contributed by atoms with E-state index in [-0.39, 0.29) is 0 Å². The lowest BCUT2D eigenvalue weighted by atomic mass is 10.1. The summed E-state index contributed by atoms with van der Waals surface area (Å²) >= 11 is 0. The maximum absolute atomic E-state index is 5.60. The van der Waals surface area contributed by atoms with Crippen molar-refractivity contribution in [3.8, 4) is 5.75 Å². The van der Waals surface area contributed by atoms with Gasteiger partial charge in [-0.15, -0.1) is 0 Å². The van der Waals surface area contributed by atoms with Gasteiger partial charge < -0.3 is 14.8 Å². The molecule has 3 heteroatoms. The van der Waals surface area contributed by atoms with Gasteiger partial charge in [-0.1, -0.05) is 26.0 Å². The van der Waals surface area contributed by atoms with Crippen LogP contribution >= 0.6 is 0 Å². The van der Waals surface area contributed by atoms with Gasteiger partial charge in [-0.25, -0.2) is 0 Å². The molecule has 0 bridgehead atoms. The molecular formula is C17H29NO2. The molecule has 0 saturated carbocycles. The van der Waals surface area contributed by atoms with E-state index in [1.165, 1.54) is 5.56 Å². The molecule has 1 rings (SSSR count). The van der Waals surface area contributed by atoms with Gasteiger partial charge in [-0.2, -0.15) is 0 Å². The average Bonchev–Trinajstić information content (AvgIpc) is 2.43. The van der Waals surface area contributed by atoms with Crippen LogP contribution in [-0.2, 0) is 4.74 Å². The lowest BCUT2D eigenvalue weighted by Gasteiger charge is -2.15. The van der Waals surface area contributed by atoms with Gasteiger partial charge in [0.1, 0.15) is 5.75 Å². The minimum absolute atomic E-state index is 0.333. The minimum atomic E-state index is 0.333. The summed E-state index contributed by atoms with van der Waals surface area (Å²) < 4.78 is 11.0. The van der Waals surface area contributed by atoms with Crippen molar-refractivity contribution in [1.82, 2.24) is 5.32 Å². The SMILES string of the molecule is CCOc1ccc(C(C)NCCOCCC(C)C)cc1. The molecule has 3 nitrogen and oxygen atoms in total.